The van der Waals surface area contributed by atoms with E-state index in [9.17, 15) is 9.59 Å². The maximum atomic E-state index is 12.8. The second-order valence-corrected chi connectivity index (χ2v) is 8.42. The minimum atomic E-state index is -0.203. The van der Waals surface area contributed by atoms with Gasteiger partial charge in [-0.3, -0.25) is 9.59 Å². The maximum Gasteiger partial charge on any atom is 0.275 e. The van der Waals surface area contributed by atoms with Gasteiger partial charge >= 0.3 is 0 Å². The third kappa shape index (κ3) is 4.23. The van der Waals surface area contributed by atoms with Crippen LogP contribution in [0.5, 0.6) is 0 Å². The molecule has 1 aliphatic rings. The van der Waals surface area contributed by atoms with E-state index in [2.05, 4.69) is 21.0 Å². The van der Waals surface area contributed by atoms with Crippen LogP contribution in [-0.2, 0) is 16.1 Å². The molecule has 1 fully saturated rings. The number of fused-ring (bicyclic) bond motifs is 1. The predicted octanol–water partition coefficient (Wildman–Crippen LogP) is 4.06. The molecular weight excluding hydrogens is 396 g/mol. The number of ether oxygens (including phenoxy) is 1. The number of ketones is 1. The van der Waals surface area contributed by atoms with Crippen LogP contribution in [0.15, 0.2) is 27.5 Å². The number of benzene rings is 1. The van der Waals surface area contributed by atoms with E-state index in [0.29, 0.717) is 24.3 Å². The van der Waals surface area contributed by atoms with Crippen LogP contribution in [0.4, 0.5) is 0 Å². The highest BCUT2D eigenvalue weighted by Gasteiger charge is 2.23. The van der Waals surface area contributed by atoms with E-state index in [-0.39, 0.29) is 29.9 Å². The quantitative estimate of drug-likeness (QED) is 0.731. The fourth-order valence-electron chi connectivity index (χ4n) is 3.65. The Balaban J connectivity index is 1.87. The molecule has 2 heterocycles. The zero-order valence-electron chi connectivity index (χ0n) is 15.5. The standard InChI is InChI=1S/C20H25BrN2O3/c1-12(2)19-18-10-15(21)4-5-17(18)20(25)23(22-19)11-16(24)9-14-6-7-26-13(3)8-14/h4-5,10,12-14H,6-9,11H2,1-3H3/t13-,14-/m1/s1. The average Bonchev–Trinajstić information content (AvgIpc) is 2.57. The highest BCUT2D eigenvalue weighted by molar-refractivity contribution is 9.10. The van der Waals surface area contributed by atoms with E-state index in [1.807, 2.05) is 32.9 Å². The molecule has 0 bridgehead atoms. The number of nitrogens with zero attached hydrogens (tertiary/aromatic N) is 2. The van der Waals surface area contributed by atoms with Crippen LogP contribution < -0.4 is 5.56 Å². The third-order valence-electron chi connectivity index (χ3n) is 4.93. The molecule has 0 spiro atoms. The number of Topliss-reactive ketones (excluding diaryl/α,β-unsaturated/α-hetero) is 1. The first-order chi connectivity index (χ1) is 12.3. The molecule has 2 atom stereocenters. The summed E-state index contributed by atoms with van der Waals surface area (Å²) >= 11 is 3.46. The molecule has 0 unspecified atom stereocenters. The molecule has 3 rings (SSSR count). The summed E-state index contributed by atoms with van der Waals surface area (Å²) in [6.07, 6.45) is 2.49. The van der Waals surface area contributed by atoms with Gasteiger partial charge in [-0.1, -0.05) is 29.8 Å². The van der Waals surface area contributed by atoms with Gasteiger partial charge in [0.25, 0.3) is 5.56 Å². The van der Waals surface area contributed by atoms with Crippen LogP contribution in [0.1, 0.15) is 51.6 Å². The van der Waals surface area contributed by atoms with Crippen molar-refractivity contribution in [1.29, 1.82) is 0 Å². The zero-order chi connectivity index (χ0) is 18.8. The van der Waals surface area contributed by atoms with Crippen LogP contribution in [0.25, 0.3) is 10.8 Å². The second-order valence-electron chi connectivity index (χ2n) is 7.51. The molecular formula is C20H25BrN2O3. The number of hydrogen-bond acceptors (Lipinski definition) is 4. The topological polar surface area (TPSA) is 61.2 Å². The Kier molecular flexibility index (Phi) is 5.92. The van der Waals surface area contributed by atoms with Gasteiger partial charge < -0.3 is 4.74 Å². The number of aromatic nitrogens is 2. The predicted molar refractivity (Wildman–Crippen MR) is 106 cm³/mol. The van der Waals surface area contributed by atoms with Gasteiger partial charge in [-0.2, -0.15) is 5.10 Å². The highest BCUT2D eigenvalue weighted by atomic mass is 79.9. The van der Waals surface area contributed by atoms with Gasteiger partial charge in [0, 0.05) is 22.9 Å². The molecule has 1 aromatic carbocycles. The van der Waals surface area contributed by atoms with Crippen molar-refractivity contribution in [2.45, 2.75) is 58.6 Å². The van der Waals surface area contributed by atoms with Crippen LogP contribution in [0.3, 0.4) is 0 Å². The minimum Gasteiger partial charge on any atom is -0.378 e. The highest BCUT2D eigenvalue weighted by Crippen LogP contribution is 2.25. The van der Waals surface area contributed by atoms with Crippen molar-refractivity contribution in [3.63, 3.8) is 0 Å². The molecule has 140 valence electrons. The first kappa shape index (κ1) is 19.2. The molecule has 0 N–H and O–H groups in total. The smallest absolute Gasteiger partial charge is 0.275 e. The summed E-state index contributed by atoms with van der Waals surface area (Å²) in [7, 11) is 0. The molecule has 1 saturated heterocycles. The number of hydrogen-bond donors (Lipinski definition) is 0. The summed E-state index contributed by atoms with van der Waals surface area (Å²) in [4.78, 5) is 25.4. The first-order valence-corrected chi connectivity index (χ1v) is 9.98. The summed E-state index contributed by atoms with van der Waals surface area (Å²) in [6.45, 7) is 6.88. The van der Waals surface area contributed by atoms with Gasteiger partial charge in [-0.15, -0.1) is 0 Å². The van der Waals surface area contributed by atoms with Gasteiger partial charge in [0.05, 0.1) is 17.2 Å². The lowest BCUT2D eigenvalue weighted by Crippen LogP contribution is -2.30. The van der Waals surface area contributed by atoms with Crippen LogP contribution >= 0.6 is 15.9 Å². The Hall–Kier alpha value is -1.53. The zero-order valence-corrected chi connectivity index (χ0v) is 17.1. The minimum absolute atomic E-state index is 0.0380. The maximum absolute atomic E-state index is 12.8. The number of carbonyl (C=O) groups excluding carboxylic acids is 1. The average molecular weight is 421 g/mol. The molecule has 26 heavy (non-hydrogen) atoms. The van der Waals surface area contributed by atoms with E-state index < -0.39 is 0 Å². The molecule has 5 nitrogen and oxygen atoms in total. The Bertz CT molecular complexity index is 875. The largest absolute Gasteiger partial charge is 0.378 e. The van der Waals surface area contributed by atoms with Crippen molar-refractivity contribution < 1.29 is 9.53 Å². The Labute approximate surface area is 161 Å². The fourth-order valence-corrected chi connectivity index (χ4v) is 4.01. The third-order valence-corrected chi connectivity index (χ3v) is 5.43. The van der Waals surface area contributed by atoms with Crippen LogP contribution in [0.2, 0.25) is 0 Å². The summed E-state index contributed by atoms with van der Waals surface area (Å²) in [5, 5.41) is 5.99. The fraction of sp³-hybridized carbons (Fsp3) is 0.550. The van der Waals surface area contributed by atoms with E-state index >= 15 is 0 Å². The molecule has 6 heteroatoms. The summed E-state index contributed by atoms with van der Waals surface area (Å²) in [6, 6.07) is 5.58. The van der Waals surface area contributed by atoms with Crippen molar-refractivity contribution in [3.05, 3.63) is 38.7 Å². The summed E-state index contributed by atoms with van der Waals surface area (Å²) < 4.78 is 7.80. The van der Waals surface area contributed by atoms with E-state index in [1.165, 1.54) is 4.68 Å². The lowest BCUT2D eigenvalue weighted by Gasteiger charge is -2.26. The van der Waals surface area contributed by atoms with E-state index in [4.69, 9.17) is 4.74 Å². The van der Waals surface area contributed by atoms with Crippen LogP contribution in [0, 0.1) is 5.92 Å². The number of halogens is 1. The van der Waals surface area contributed by atoms with Gasteiger partial charge in [0.1, 0.15) is 6.54 Å². The molecule has 0 radical (unpaired) electrons. The van der Waals surface area contributed by atoms with Gasteiger partial charge in [-0.25, -0.2) is 4.68 Å². The molecule has 1 aromatic heterocycles. The van der Waals surface area contributed by atoms with Gasteiger partial charge in [-0.05, 0) is 49.8 Å². The Morgan fingerprint density at radius 3 is 2.85 bits per heavy atom. The van der Waals surface area contributed by atoms with E-state index in [1.54, 1.807) is 6.07 Å². The van der Waals surface area contributed by atoms with Crippen molar-refractivity contribution >= 4 is 32.5 Å². The number of carbonyl (C=O) groups is 1. The summed E-state index contributed by atoms with van der Waals surface area (Å²) in [5.74, 6) is 0.554. The van der Waals surface area contributed by atoms with Crippen molar-refractivity contribution in [1.82, 2.24) is 9.78 Å². The van der Waals surface area contributed by atoms with Crippen LogP contribution in [-0.4, -0.2) is 28.3 Å². The SMILES string of the molecule is CC(C)c1nn(CC(=O)C[C@@H]2CCO[C@H](C)C2)c(=O)c2ccc(Br)cc12. The second kappa shape index (κ2) is 8.01. The first-order valence-electron chi connectivity index (χ1n) is 9.18. The van der Waals surface area contributed by atoms with Gasteiger partial charge in [0.2, 0.25) is 0 Å². The molecule has 1 aliphatic heterocycles. The summed E-state index contributed by atoms with van der Waals surface area (Å²) in [5.41, 5.74) is 0.638. The molecule has 2 aromatic rings. The molecule has 0 aliphatic carbocycles. The lowest BCUT2D eigenvalue weighted by molar-refractivity contribution is -0.121. The van der Waals surface area contributed by atoms with Crippen molar-refractivity contribution in [3.8, 4) is 0 Å². The van der Waals surface area contributed by atoms with Crippen molar-refractivity contribution in [2.75, 3.05) is 6.61 Å². The number of rotatable bonds is 5. The monoisotopic (exact) mass is 420 g/mol. The normalized spacial score (nSPS) is 20.7. The van der Waals surface area contributed by atoms with E-state index in [0.717, 1.165) is 28.4 Å². The molecule has 0 saturated carbocycles. The molecule has 0 amide bonds. The van der Waals surface area contributed by atoms with Crippen molar-refractivity contribution in [2.24, 2.45) is 5.92 Å². The van der Waals surface area contributed by atoms with Gasteiger partial charge in [0.15, 0.2) is 5.78 Å². The lowest BCUT2D eigenvalue weighted by atomic mass is 9.91. The Morgan fingerprint density at radius 2 is 2.15 bits per heavy atom. The Morgan fingerprint density at radius 1 is 1.38 bits per heavy atom.